The first-order valence-corrected chi connectivity index (χ1v) is 10.1. The van der Waals surface area contributed by atoms with Crippen LogP contribution >= 0.6 is 0 Å². The van der Waals surface area contributed by atoms with Gasteiger partial charge < -0.3 is 0 Å². The normalized spacial score (nSPS) is 15.8. The molecule has 3 heteroatoms. The van der Waals surface area contributed by atoms with E-state index in [9.17, 15) is 4.21 Å². The Bertz CT molecular complexity index is 589. The molecule has 0 saturated carbocycles. The highest BCUT2D eigenvalue weighted by molar-refractivity contribution is 7.97. The Hall–Kier alpha value is -0.800. The predicted molar refractivity (Wildman–Crippen MR) is 101 cm³/mol. The largest absolute Gasteiger partial charge is 0.253 e. The zero-order valence-electron chi connectivity index (χ0n) is 15.4. The van der Waals surface area contributed by atoms with Gasteiger partial charge in [-0.3, -0.25) is 4.21 Å². The Kier molecular flexibility index (Phi) is 5.91. The van der Waals surface area contributed by atoms with Crippen LogP contribution in [0.5, 0.6) is 0 Å². The standard InChI is InChI=1S/C19H33NOS/c1-18(2,3)14-13-16-11-9-10-12-17(16)15-20(19(4,5)6)22(7,8)21/h9-12H,7,13-15H2,1-6,8H3. The molecule has 0 fully saturated rings. The average molecular weight is 324 g/mol. The van der Waals surface area contributed by atoms with E-state index in [1.807, 2.05) is 4.31 Å². The Labute approximate surface area is 138 Å². The number of rotatable bonds is 5. The van der Waals surface area contributed by atoms with E-state index in [0.717, 1.165) is 12.8 Å². The summed E-state index contributed by atoms with van der Waals surface area (Å²) in [6.45, 7) is 13.8. The van der Waals surface area contributed by atoms with Gasteiger partial charge in [0.2, 0.25) is 0 Å². The van der Waals surface area contributed by atoms with Crippen LogP contribution in [0.2, 0.25) is 0 Å². The molecule has 22 heavy (non-hydrogen) atoms. The molecule has 0 aliphatic carbocycles. The summed E-state index contributed by atoms with van der Waals surface area (Å²) in [7, 11) is -2.25. The smallest absolute Gasteiger partial charge is 0.0366 e. The van der Waals surface area contributed by atoms with Crippen molar-refractivity contribution < 1.29 is 4.21 Å². The van der Waals surface area contributed by atoms with Crippen molar-refractivity contribution in [2.75, 3.05) is 6.26 Å². The number of hydrogen-bond acceptors (Lipinski definition) is 1. The van der Waals surface area contributed by atoms with Gasteiger partial charge in [-0.15, -0.1) is 0 Å². The minimum Gasteiger partial charge on any atom is -0.253 e. The Morgan fingerprint density at radius 2 is 1.55 bits per heavy atom. The third-order valence-corrected chi connectivity index (χ3v) is 5.40. The summed E-state index contributed by atoms with van der Waals surface area (Å²) in [5, 5.41) is 0. The lowest BCUT2D eigenvalue weighted by Gasteiger charge is -2.37. The first-order chi connectivity index (χ1) is 9.81. The summed E-state index contributed by atoms with van der Waals surface area (Å²) in [4.78, 5) is 0. The van der Waals surface area contributed by atoms with Gasteiger partial charge >= 0.3 is 0 Å². The molecule has 1 aromatic carbocycles. The van der Waals surface area contributed by atoms with E-state index < -0.39 is 9.71 Å². The molecule has 1 unspecified atom stereocenters. The van der Waals surface area contributed by atoms with Crippen LogP contribution in [0.3, 0.4) is 0 Å². The van der Waals surface area contributed by atoms with Gasteiger partial charge in [-0.1, -0.05) is 45.0 Å². The van der Waals surface area contributed by atoms with Crippen LogP contribution in [0.4, 0.5) is 0 Å². The molecular formula is C19H33NOS. The Morgan fingerprint density at radius 3 is 1.95 bits per heavy atom. The lowest BCUT2D eigenvalue weighted by Crippen LogP contribution is -2.44. The molecule has 0 saturated heterocycles. The molecule has 0 bridgehead atoms. The molecule has 0 aliphatic rings. The molecule has 0 aromatic heterocycles. The SMILES string of the molecule is C=S(C)(=O)N(Cc1ccccc1CCC(C)(C)C)C(C)(C)C. The minimum atomic E-state index is -2.25. The van der Waals surface area contributed by atoms with Gasteiger partial charge in [0.1, 0.15) is 0 Å². The Morgan fingerprint density at radius 1 is 1.05 bits per heavy atom. The first kappa shape index (κ1) is 19.2. The molecule has 126 valence electrons. The van der Waals surface area contributed by atoms with E-state index in [4.69, 9.17) is 0 Å². The van der Waals surface area contributed by atoms with Gasteiger partial charge in [0.25, 0.3) is 0 Å². The van der Waals surface area contributed by atoms with Gasteiger partial charge in [-0.2, -0.15) is 0 Å². The second kappa shape index (κ2) is 6.76. The van der Waals surface area contributed by atoms with Gasteiger partial charge in [0, 0.05) is 28.0 Å². The molecule has 2 nitrogen and oxygen atoms in total. The Balaban J connectivity index is 3.06. The van der Waals surface area contributed by atoms with Crippen LogP contribution in [0.25, 0.3) is 0 Å². The molecule has 0 aliphatic heterocycles. The highest BCUT2D eigenvalue weighted by atomic mass is 32.2. The molecule has 0 N–H and O–H groups in total. The molecule has 1 atom stereocenters. The summed E-state index contributed by atoms with van der Waals surface area (Å²) < 4.78 is 14.6. The lowest BCUT2D eigenvalue weighted by molar-refractivity contribution is 0.255. The summed E-state index contributed by atoms with van der Waals surface area (Å²) >= 11 is 0. The highest BCUT2D eigenvalue weighted by Crippen LogP contribution is 2.26. The van der Waals surface area contributed by atoms with Crippen LogP contribution in [-0.4, -0.2) is 26.2 Å². The maximum Gasteiger partial charge on any atom is 0.0366 e. The summed E-state index contributed by atoms with van der Waals surface area (Å²) in [6, 6.07) is 8.51. The van der Waals surface area contributed by atoms with Crippen molar-refractivity contribution in [1.82, 2.24) is 4.31 Å². The van der Waals surface area contributed by atoms with Crippen molar-refractivity contribution in [1.29, 1.82) is 0 Å². The molecular weight excluding hydrogens is 290 g/mol. The summed E-state index contributed by atoms with van der Waals surface area (Å²) in [5.74, 6) is 3.90. The minimum absolute atomic E-state index is 0.176. The van der Waals surface area contributed by atoms with Crippen LogP contribution < -0.4 is 0 Å². The second-order valence-corrected chi connectivity index (χ2v) is 10.9. The second-order valence-electron chi connectivity index (χ2n) is 8.50. The molecule has 0 heterocycles. The number of hydrogen-bond donors (Lipinski definition) is 0. The zero-order chi connectivity index (χ0) is 17.2. The van der Waals surface area contributed by atoms with E-state index in [0.29, 0.717) is 12.0 Å². The topological polar surface area (TPSA) is 20.3 Å². The highest BCUT2D eigenvalue weighted by Gasteiger charge is 2.26. The van der Waals surface area contributed by atoms with Crippen LogP contribution in [0.1, 0.15) is 59.1 Å². The van der Waals surface area contributed by atoms with Crippen molar-refractivity contribution in [3.63, 3.8) is 0 Å². The van der Waals surface area contributed by atoms with Crippen LogP contribution in [0, 0.1) is 5.41 Å². The van der Waals surface area contributed by atoms with Crippen molar-refractivity contribution in [2.24, 2.45) is 5.41 Å². The van der Waals surface area contributed by atoms with E-state index in [1.165, 1.54) is 11.1 Å². The van der Waals surface area contributed by atoms with Crippen molar-refractivity contribution >= 4 is 15.6 Å². The first-order valence-electron chi connectivity index (χ1n) is 7.97. The molecule has 0 radical (unpaired) electrons. The monoisotopic (exact) mass is 323 g/mol. The van der Waals surface area contributed by atoms with E-state index in [1.54, 1.807) is 6.26 Å². The van der Waals surface area contributed by atoms with Crippen LogP contribution in [0.15, 0.2) is 24.3 Å². The zero-order valence-corrected chi connectivity index (χ0v) is 16.2. The quantitative estimate of drug-likeness (QED) is 0.729. The molecule has 1 aromatic rings. The molecule has 0 spiro atoms. The fourth-order valence-electron chi connectivity index (χ4n) is 2.57. The molecule has 0 amide bonds. The average Bonchev–Trinajstić information content (AvgIpc) is 2.30. The van der Waals surface area contributed by atoms with E-state index in [2.05, 4.69) is 71.7 Å². The van der Waals surface area contributed by atoms with Crippen LogP contribution in [-0.2, 0) is 22.7 Å². The predicted octanol–water partition coefficient (Wildman–Crippen LogP) is 4.53. The van der Waals surface area contributed by atoms with Crippen molar-refractivity contribution in [2.45, 2.75) is 66.5 Å². The summed E-state index contributed by atoms with van der Waals surface area (Å²) in [6.07, 6.45) is 3.93. The maximum absolute atomic E-state index is 12.6. The third kappa shape index (κ3) is 6.13. The van der Waals surface area contributed by atoms with E-state index in [-0.39, 0.29) is 5.54 Å². The van der Waals surface area contributed by atoms with Gasteiger partial charge in [0.05, 0.1) is 0 Å². The fraction of sp³-hybridized carbons (Fsp3) is 0.632. The van der Waals surface area contributed by atoms with Gasteiger partial charge in [-0.25, -0.2) is 4.31 Å². The molecule has 1 rings (SSSR count). The summed E-state index contributed by atoms with van der Waals surface area (Å²) in [5.41, 5.74) is 2.77. The maximum atomic E-state index is 12.6. The van der Waals surface area contributed by atoms with Crippen molar-refractivity contribution in [3.05, 3.63) is 35.4 Å². The number of benzene rings is 1. The van der Waals surface area contributed by atoms with E-state index >= 15 is 0 Å². The lowest BCUT2D eigenvalue weighted by atomic mass is 9.87. The fourth-order valence-corrected chi connectivity index (χ4v) is 4.14. The van der Waals surface area contributed by atoms with Gasteiger partial charge in [0.15, 0.2) is 0 Å². The van der Waals surface area contributed by atoms with Gasteiger partial charge in [-0.05, 0) is 56.0 Å². The number of aryl methyl sites for hydroxylation is 1. The third-order valence-electron chi connectivity index (χ3n) is 3.79. The van der Waals surface area contributed by atoms with Crippen molar-refractivity contribution in [3.8, 4) is 0 Å². The number of nitrogens with zero attached hydrogens (tertiary/aromatic N) is 1.